The molecule has 3 aromatic rings. The van der Waals surface area contributed by atoms with Crippen LogP contribution in [0.25, 0.3) is 5.76 Å². The molecule has 1 unspecified atom stereocenters. The molecule has 1 saturated heterocycles. The standard InChI is InChI=1S/C28H31N3O5/c1-4-35-22-10-8-21(9-11-22)26(32)24-25(20-6-12-23(13-7-20)36-19(2)3)31(28(34)27(24)33)16-5-15-30-17-14-29-18-30/h6-14,17-19,25,32H,4-5,15-16H2,1-3H3/b26-24-. The van der Waals surface area contributed by atoms with Gasteiger partial charge < -0.3 is 24.0 Å². The third kappa shape index (κ3) is 5.43. The Morgan fingerprint density at radius 1 is 1.03 bits per heavy atom. The van der Waals surface area contributed by atoms with Crippen molar-refractivity contribution >= 4 is 17.4 Å². The smallest absolute Gasteiger partial charge is 0.295 e. The van der Waals surface area contributed by atoms with Crippen LogP contribution in [0.2, 0.25) is 0 Å². The van der Waals surface area contributed by atoms with E-state index in [0.29, 0.717) is 43.2 Å². The normalized spacial score (nSPS) is 17.1. The Morgan fingerprint density at radius 2 is 1.72 bits per heavy atom. The van der Waals surface area contributed by atoms with Gasteiger partial charge in [-0.2, -0.15) is 0 Å². The Balaban J connectivity index is 1.69. The predicted octanol–water partition coefficient (Wildman–Crippen LogP) is 4.58. The topological polar surface area (TPSA) is 93.9 Å². The number of amides is 1. The Kier molecular flexibility index (Phi) is 7.73. The predicted molar refractivity (Wildman–Crippen MR) is 136 cm³/mol. The molecule has 4 rings (SSSR count). The number of likely N-dealkylation sites (tertiary alicyclic amines) is 1. The molecule has 1 aliphatic rings. The first-order valence-electron chi connectivity index (χ1n) is 12.1. The maximum absolute atomic E-state index is 13.2. The second kappa shape index (κ2) is 11.1. The number of aromatic nitrogens is 2. The molecule has 1 aliphatic heterocycles. The molecule has 1 N–H and O–H groups in total. The molecule has 0 saturated carbocycles. The van der Waals surface area contributed by atoms with Gasteiger partial charge in [-0.15, -0.1) is 0 Å². The molecule has 0 bridgehead atoms. The number of aryl methyl sites for hydroxylation is 1. The Labute approximate surface area is 210 Å². The fourth-order valence-corrected chi connectivity index (χ4v) is 4.33. The van der Waals surface area contributed by atoms with Crippen LogP contribution in [-0.2, 0) is 16.1 Å². The molecule has 188 valence electrons. The monoisotopic (exact) mass is 489 g/mol. The van der Waals surface area contributed by atoms with E-state index in [9.17, 15) is 14.7 Å². The van der Waals surface area contributed by atoms with Gasteiger partial charge in [0.25, 0.3) is 11.7 Å². The second-order valence-corrected chi connectivity index (χ2v) is 8.84. The van der Waals surface area contributed by atoms with Crippen LogP contribution < -0.4 is 9.47 Å². The number of carbonyl (C=O) groups is 2. The summed E-state index contributed by atoms with van der Waals surface area (Å²) in [6.07, 6.45) is 5.90. The van der Waals surface area contributed by atoms with Gasteiger partial charge in [0, 0.05) is 31.0 Å². The van der Waals surface area contributed by atoms with E-state index in [1.54, 1.807) is 36.8 Å². The first kappa shape index (κ1) is 25.0. The molecule has 0 radical (unpaired) electrons. The van der Waals surface area contributed by atoms with Crippen molar-refractivity contribution < 1.29 is 24.2 Å². The van der Waals surface area contributed by atoms with Crippen molar-refractivity contribution in [2.75, 3.05) is 13.2 Å². The number of rotatable bonds is 10. The lowest BCUT2D eigenvalue weighted by Crippen LogP contribution is -2.31. The van der Waals surface area contributed by atoms with Gasteiger partial charge in [0.1, 0.15) is 17.3 Å². The molecular weight excluding hydrogens is 458 g/mol. The number of ketones is 1. The summed E-state index contributed by atoms with van der Waals surface area (Å²) in [7, 11) is 0. The minimum absolute atomic E-state index is 0.0179. The lowest BCUT2D eigenvalue weighted by molar-refractivity contribution is -0.139. The van der Waals surface area contributed by atoms with Gasteiger partial charge in [-0.25, -0.2) is 4.98 Å². The van der Waals surface area contributed by atoms with Gasteiger partial charge in [0.15, 0.2) is 0 Å². The van der Waals surface area contributed by atoms with E-state index in [1.807, 2.05) is 55.8 Å². The summed E-state index contributed by atoms with van der Waals surface area (Å²) >= 11 is 0. The molecule has 1 aromatic heterocycles. The molecule has 8 nitrogen and oxygen atoms in total. The van der Waals surface area contributed by atoms with Crippen molar-refractivity contribution in [1.29, 1.82) is 0 Å². The van der Waals surface area contributed by atoms with Crippen molar-refractivity contribution in [2.45, 2.75) is 45.9 Å². The fourth-order valence-electron chi connectivity index (χ4n) is 4.33. The summed E-state index contributed by atoms with van der Waals surface area (Å²) in [5.41, 5.74) is 1.24. The van der Waals surface area contributed by atoms with Crippen LogP contribution in [0.1, 0.15) is 44.4 Å². The number of aliphatic hydroxyl groups excluding tert-OH is 1. The van der Waals surface area contributed by atoms with Crippen LogP contribution in [-0.4, -0.2) is 50.5 Å². The van der Waals surface area contributed by atoms with E-state index in [1.165, 1.54) is 4.90 Å². The van der Waals surface area contributed by atoms with Crippen molar-refractivity contribution in [3.8, 4) is 11.5 Å². The number of hydrogen-bond acceptors (Lipinski definition) is 6. The van der Waals surface area contributed by atoms with Crippen LogP contribution in [0, 0.1) is 0 Å². The van der Waals surface area contributed by atoms with Crippen LogP contribution in [0.5, 0.6) is 11.5 Å². The number of ether oxygens (including phenoxy) is 2. The van der Waals surface area contributed by atoms with Gasteiger partial charge in [-0.05, 0) is 69.2 Å². The largest absolute Gasteiger partial charge is 0.507 e. The van der Waals surface area contributed by atoms with Gasteiger partial charge in [0.05, 0.1) is 30.7 Å². The van der Waals surface area contributed by atoms with E-state index >= 15 is 0 Å². The first-order chi connectivity index (χ1) is 17.4. The maximum atomic E-state index is 13.2. The molecule has 0 spiro atoms. The zero-order chi connectivity index (χ0) is 25.7. The molecule has 1 fully saturated rings. The van der Waals surface area contributed by atoms with Crippen molar-refractivity contribution in [3.05, 3.63) is 84.0 Å². The van der Waals surface area contributed by atoms with Gasteiger partial charge in [0.2, 0.25) is 0 Å². The summed E-state index contributed by atoms with van der Waals surface area (Å²) in [4.78, 5) is 31.9. The average molecular weight is 490 g/mol. The molecule has 2 aromatic carbocycles. The molecule has 8 heteroatoms. The average Bonchev–Trinajstić information content (AvgIpc) is 3.47. The molecular formula is C28H31N3O5. The number of benzene rings is 2. The zero-order valence-corrected chi connectivity index (χ0v) is 20.8. The van der Waals surface area contributed by atoms with Crippen molar-refractivity contribution in [3.63, 3.8) is 0 Å². The number of imidazole rings is 1. The molecule has 0 aliphatic carbocycles. The van der Waals surface area contributed by atoms with E-state index in [0.717, 1.165) is 5.56 Å². The number of Topliss-reactive ketones (excluding diaryl/α,β-unsaturated/α-hetero) is 1. The molecule has 1 atom stereocenters. The first-order valence-corrected chi connectivity index (χ1v) is 12.1. The lowest BCUT2D eigenvalue weighted by Gasteiger charge is -2.25. The third-order valence-corrected chi connectivity index (χ3v) is 5.92. The van der Waals surface area contributed by atoms with Crippen LogP contribution in [0.15, 0.2) is 72.8 Å². The summed E-state index contributed by atoms with van der Waals surface area (Å²) in [6, 6.07) is 13.4. The van der Waals surface area contributed by atoms with Gasteiger partial charge >= 0.3 is 0 Å². The molecule has 36 heavy (non-hydrogen) atoms. The third-order valence-electron chi connectivity index (χ3n) is 5.92. The fraction of sp³-hybridized carbons (Fsp3) is 0.321. The minimum atomic E-state index is -0.715. The Hall–Kier alpha value is -4.07. The van der Waals surface area contributed by atoms with E-state index in [4.69, 9.17) is 9.47 Å². The van der Waals surface area contributed by atoms with Gasteiger partial charge in [-0.3, -0.25) is 9.59 Å². The zero-order valence-electron chi connectivity index (χ0n) is 20.8. The lowest BCUT2D eigenvalue weighted by atomic mass is 9.95. The van der Waals surface area contributed by atoms with Crippen molar-refractivity contribution in [1.82, 2.24) is 14.5 Å². The second-order valence-electron chi connectivity index (χ2n) is 8.84. The summed E-state index contributed by atoms with van der Waals surface area (Å²) < 4.78 is 13.2. The highest BCUT2D eigenvalue weighted by Gasteiger charge is 2.45. The number of aliphatic hydroxyl groups is 1. The van der Waals surface area contributed by atoms with Gasteiger partial charge in [-0.1, -0.05) is 12.1 Å². The molecule has 1 amide bonds. The summed E-state index contributed by atoms with van der Waals surface area (Å²) in [5, 5.41) is 11.2. The highest BCUT2D eigenvalue weighted by atomic mass is 16.5. The number of carbonyl (C=O) groups excluding carboxylic acids is 2. The summed E-state index contributed by atoms with van der Waals surface area (Å²) in [6.45, 7) is 7.29. The quantitative estimate of drug-likeness (QED) is 0.255. The SMILES string of the molecule is CCOc1ccc(/C(O)=C2/C(=O)C(=O)N(CCCn3ccnc3)C2c2ccc(OC(C)C)cc2)cc1. The highest BCUT2D eigenvalue weighted by Crippen LogP contribution is 2.40. The minimum Gasteiger partial charge on any atom is -0.507 e. The van der Waals surface area contributed by atoms with E-state index in [2.05, 4.69) is 4.98 Å². The van der Waals surface area contributed by atoms with Crippen LogP contribution in [0.4, 0.5) is 0 Å². The van der Waals surface area contributed by atoms with Crippen LogP contribution in [0.3, 0.4) is 0 Å². The van der Waals surface area contributed by atoms with Crippen molar-refractivity contribution in [2.24, 2.45) is 0 Å². The van der Waals surface area contributed by atoms with E-state index < -0.39 is 17.7 Å². The Morgan fingerprint density at radius 3 is 2.33 bits per heavy atom. The maximum Gasteiger partial charge on any atom is 0.295 e. The van der Waals surface area contributed by atoms with E-state index in [-0.39, 0.29) is 17.4 Å². The summed E-state index contributed by atoms with van der Waals surface area (Å²) in [5.74, 6) is -0.179. The number of hydrogen-bond donors (Lipinski definition) is 1. The Bertz CT molecular complexity index is 1220. The highest BCUT2D eigenvalue weighted by molar-refractivity contribution is 6.46. The van der Waals surface area contributed by atoms with Crippen LogP contribution >= 0.6 is 0 Å². The molecule has 2 heterocycles. The number of nitrogens with zero attached hydrogens (tertiary/aromatic N) is 3.